The number of hydrogen-bond acceptors (Lipinski definition) is 2. The molecule has 0 saturated heterocycles. The molecular weight excluding hydrogens is 364 g/mol. The molecule has 0 atom stereocenters. The molecule has 0 bridgehead atoms. The summed E-state index contributed by atoms with van der Waals surface area (Å²) in [5.41, 5.74) is 3.53. The van der Waals surface area contributed by atoms with Crippen LogP contribution in [0.25, 0.3) is 5.57 Å². The van der Waals surface area contributed by atoms with Crippen molar-refractivity contribution >= 4 is 34.9 Å². The maximum atomic E-state index is 11.4. The second kappa shape index (κ2) is 8.75. The predicted molar refractivity (Wildman–Crippen MR) is 109 cm³/mol. The lowest BCUT2D eigenvalue weighted by Gasteiger charge is -2.14. The van der Waals surface area contributed by atoms with Gasteiger partial charge in [0.15, 0.2) is 0 Å². The summed E-state index contributed by atoms with van der Waals surface area (Å²) in [6.45, 7) is 0. The summed E-state index contributed by atoms with van der Waals surface area (Å²) in [4.78, 5) is 12.4. The van der Waals surface area contributed by atoms with E-state index in [9.17, 15) is 9.90 Å². The van der Waals surface area contributed by atoms with Crippen LogP contribution in [0.15, 0.2) is 89.8 Å². The summed E-state index contributed by atoms with van der Waals surface area (Å²) in [6, 6.07) is 25.3. The van der Waals surface area contributed by atoms with Crippen molar-refractivity contribution in [2.75, 3.05) is 0 Å². The molecule has 0 aromatic heterocycles. The molecule has 0 fully saturated rings. The summed E-state index contributed by atoms with van der Waals surface area (Å²) < 4.78 is 0. The van der Waals surface area contributed by atoms with E-state index in [0.29, 0.717) is 10.6 Å². The van der Waals surface area contributed by atoms with Gasteiger partial charge in [0.25, 0.3) is 0 Å². The summed E-state index contributed by atoms with van der Waals surface area (Å²) in [7, 11) is 0. The second-order valence-corrected chi connectivity index (χ2v) is 7.13. The van der Waals surface area contributed by atoms with Gasteiger partial charge in [0, 0.05) is 21.7 Å². The SMILES string of the molecule is O=C(O)/C=C(/c1ccccc1)c1cc(Cl)ccc1SCc1ccccc1. The fourth-order valence-corrected chi connectivity index (χ4v) is 3.81. The third-order valence-electron chi connectivity index (χ3n) is 3.82. The van der Waals surface area contributed by atoms with Crippen molar-refractivity contribution in [1.29, 1.82) is 0 Å². The van der Waals surface area contributed by atoms with Gasteiger partial charge in [-0.3, -0.25) is 0 Å². The molecule has 0 aliphatic carbocycles. The largest absolute Gasteiger partial charge is 0.478 e. The molecule has 0 saturated carbocycles. The van der Waals surface area contributed by atoms with Crippen molar-refractivity contribution in [1.82, 2.24) is 0 Å². The van der Waals surface area contributed by atoms with Gasteiger partial charge in [0.2, 0.25) is 0 Å². The first-order valence-electron chi connectivity index (χ1n) is 8.10. The Morgan fingerprint density at radius 1 is 0.962 bits per heavy atom. The molecule has 3 aromatic rings. The first-order valence-corrected chi connectivity index (χ1v) is 9.46. The lowest BCUT2D eigenvalue weighted by atomic mass is 9.97. The molecule has 0 aliphatic heterocycles. The van der Waals surface area contributed by atoms with Gasteiger partial charge in [-0.05, 0) is 40.5 Å². The lowest BCUT2D eigenvalue weighted by molar-refractivity contribution is -0.131. The average molecular weight is 381 g/mol. The van der Waals surface area contributed by atoms with Crippen molar-refractivity contribution in [3.8, 4) is 0 Å². The fraction of sp³-hybridized carbons (Fsp3) is 0.0455. The molecule has 130 valence electrons. The first kappa shape index (κ1) is 18.3. The maximum absolute atomic E-state index is 11.4. The zero-order valence-corrected chi connectivity index (χ0v) is 15.5. The Labute approximate surface area is 162 Å². The number of rotatable bonds is 6. The van der Waals surface area contributed by atoms with E-state index in [0.717, 1.165) is 21.8 Å². The molecule has 0 spiro atoms. The highest BCUT2D eigenvalue weighted by molar-refractivity contribution is 7.98. The van der Waals surface area contributed by atoms with E-state index in [1.54, 1.807) is 11.8 Å². The molecule has 3 rings (SSSR count). The minimum Gasteiger partial charge on any atom is -0.478 e. The zero-order chi connectivity index (χ0) is 18.4. The van der Waals surface area contributed by atoms with Gasteiger partial charge in [0.1, 0.15) is 0 Å². The van der Waals surface area contributed by atoms with Crippen LogP contribution in [0.2, 0.25) is 5.02 Å². The molecule has 3 aromatic carbocycles. The van der Waals surface area contributed by atoms with Crippen LogP contribution >= 0.6 is 23.4 Å². The third kappa shape index (κ3) is 4.78. The lowest BCUT2D eigenvalue weighted by Crippen LogP contribution is -1.97. The topological polar surface area (TPSA) is 37.3 Å². The van der Waals surface area contributed by atoms with E-state index >= 15 is 0 Å². The number of thioether (sulfide) groups is 1. The van der Waals surface area contributed by atoms with E-state index in [-0.39, 0.29) is 0 Å². The minimum atomic E-state index is -0.983. The van der Waals surface area contributed by atoms with E-state index in [2.05, 4.69) is 12.1 Å². The van der Waals surface area contributed by atoms with Crippen molar-refractivity contribution in [3.63, 3.8) is 0 Å². The molecule has 0 unspecified atom stereocenters. The van der Waals surface area contributed by atoms with Gasteiger partial charge in [-0.15, -0.1) is 11.8 Å². The second-order valence-electron chi connectivity index (χ2n) is 5.68. The molecule has 26 heavy (non-hydrogen) atoms. The smallest absolute Gasteiger partial charge is 0.328 e. The predicted octanol–water partition coefficient (Wildman–Crippen LogP) is 6.15. The van der Waals surface area contributed by atoms with Gasteiger partial charge < -0.3 is 5.11 Å². The normalized spacial score (nSPS) is 11.3. The van der Waals surface area contributed by atoms with E-state index in [4.69, 9.17) is 11.6 Å². The van der Waals surface area contributed by atoms with Crippen LogP contribution in [0.1, 0.15) is 16.7 Å². The van der Waals surface area contributed by atoms with Crippen LogP contribution in [0.5, 0.6) is 0 Å². The van der Waals surface area contributed by atoms with Gasteiger partial charge in [0.05, 0.1) is 0 Å². The monoisotopic (exact) mass is 380 g/mol. The number of carboxylic acid groups (broad SMARTS) is 1. The molecular formula is C22H17ClO2S. The molecule has 0 amide bonds. The fourth-order valence-electron chi connectivity index (χ4n) is 2.63. The van der Waals surface area contributed by atoms with E-state index in [1.165, 1.54) is 11.6 Å². The molecule has 0 heterocycles. The third-order valence-corrected chi connectivity index (χ3v) is 5.20. The number of carboxylic acids is 1. The van der Waals surface area contributed by atoms with Gasteiger partial charge in [-0.2, -0.15) is 0 Å². The van der Waals surface area contributed by atoms with Crippen molar-refractivity contribution in [3.05, 3.63) is 107 Å². The van der Waals surface area contributed by atoms with Crippen LogP contribution in [0.3, 0.4) is 0 Å². The highest BCUT2D eigenvalue weighted by Crippen LogP contribution is 2.35. The number of halogens is 1. The maximum Gasteiger partial charge on any atom is 0.328 e. The summed E-state index contributed by atoms with van der Waals surface area (Å²) in [6.07, 6.45) is 1.24. The van der Waals surface area contributed by atoms with E-state index < -0.39 is 5.97 Å². The highest BCUT2D eigenvalue weighted by atomic mass is 35.5. The Morgan fingerprint density at radius 2 is 1.62 bits per heavy atom. The summed E-state index contributed by atoms with van der Waals surface area (Å²) in [5, 5.41) is 9.94. The minimum absolute atomic E-state index is 0.580. The Morgan fingerprint density at radius 3 is 2.27 bits per heavy atom. The number of aliphatic carboxylic acids is 1. The van der Waals surface area contributed by atoms with Crippen LogP contribution in [-0.4, -0.2) is 11.1 Å². The van der Waals surface area contributed by atoms with Gasteiger partial charge in [-0.1, -0.05) is 72.3 Å². The quantitative estimate of drug-likeness (QED) is 0.411. The van der Waals surface area contributed by atoms with Crippen LogP contribution in [0, 0.1) is 0 Å². The first-order chi connectivity index (χ1) is 12.6. The van der Waals surface area contributed by atoms with E-state index in [1.807, 2.05) is 66.7 Å². The average Bonchev–Trinajstić information content (AvgIpc) is 2.66. The van der Waals surface area contributed by atoms with Crippen LogP contribution < -0.4 is 0 Å². The summed E-state index contributed by atoms with van der Waals surface area (Å²) >= 11 is 7.88. The number of benzene rings is 3. The Balaban J connectivity index is 2.01. The molecule has 2 nitrogen and oxygen atoms in total. The molecule has 0 aliphatic rings. The van der Waals surface area contributed by atoms with Crippen LogP contribution in [-0.2, 0) is 10.5 Å². The molecule has 4 heteroatoms. The van der Waals surface area contributed by atoms with Gasteiger partial charge >= 0.3 is 5.97 Å². The Bertz CT molecular complexity index is 921. The number of hydrogen-bond donors (Lipinski definition) is 1. The molecule has 0 radical (unpaired) electrons. The van der Waals surface area contributed by atoms with Crippen molar-refractivity contribution < 1.29 is 9.90 Å². The zero-order valence-electron chi connectivity index (χ0n) is 13.9. The number of carbonyl (C=O) groups is 1. The van der Waals surface area contributed by atoms with Crippen LogP contribution in [0.4, 0.5) is 0 Å². The molecule has 1 N–H and O–H groups in total. The van der Waals surface area contributed by atoms with Crippen molar-refractivity contribution in [2.45, 2.75) is 10.6 Å². The summed E-state index contributed by atoms with van der Waals surface area (Å²) in [5.74, 6) is -0.187. The van der Waals surface area contributed by atoms with Crippen molar-refractivity contribution in [2.24, 2.45) is 0 Å². The Hall–Kier alpha value is -2.49. The highest BCUT2D eigenvalue weighted by Gasteiger charge is 2.13. The van der Waals surface area contributed by atoms with Gasteiger partial charge in [-0.25, -0.2) is 4.79 Å². The standard InChI is InChI=1S/C22H17ClO2S/c23-18-11-12-21(26-15-16-7-3-1-4-8-16)20(13-18)19(14-22(24)25)17-9-5-2-6-10-17/h1-14H,15H2,(H,24,25)/b19-14-. The Kier molecular flexibility index (Phi) is 6.16.